The van der Waals surface area contributed by atoms with Gasteiger partial charge in [-0.2, -0.15) is 0 Å². The van der Waals surface area contributed by atoms with Gasteiger partial charge in [-0.1, -0.05) is 0 Å². The molecule has 0 aliphatic carbocycles. The summed E-state index contributed by atoms with van der Waals surface area (Å²) < 4.78 is 0. The highest BCUT2D eigenvalue weighted by Gasteiger charge is 2.20. The van der Waals surface area contributed by atoms with Crippen LogP contribution in [0.4, 0.5) is 11.4 Å². The summed E-state index contributed by atoms with van der Waals surface area (Å²) in [6.07, 6.45) is 0.691. The van der Waals surface area contributed by atoms with Gasteiger partial charge in [0.05, 0.1) is 6.10 Å². The molecular formula is C11H17ClN2O. The molecule has 1 saturated heterocycles. The minimum Gasteiger partial charge on any atom is -0.399 e. The maximum absolute atomic E-state index is 9.42. The average Bonchev–Trinajstić information content (AvgIpc) is 2.57. The van der Waals surface area contributed by atoms with Crippen molar-refractivity contribution >= 4 is 23.8 Å². The van der Waals surface area contributed by atoms with Gasteiger partial charge in [-0.15, -0.1) is 12.4 Å². The number of rotatable bonds is 1. The van der Waals surface area contributed by atoms with E-state index in [2.05, 4.69) is 11.0 Å². The van der Waals surface area contributed by atoms with Crippen LogP contribution in [0.5, 0.6) is 0 Å². The molecule has 1 unspecified atom stereocenters. The monoisotopic (exact) mass is 228 g/mol. The summed E-state index contributed by atoms with van der Waals surface area (Å²) in [4.78, 5) is 2.19. The van der Waals surface area contributed by atoms with Gasteiger partial charge in [0.1, 0.15) is 0 Å². The molecule has 15 heavy (non-hydrogen) atoms. The van der Waals surface area contributed by atoms with E-state index in [4.69, 9.17) is 5.73 Å². The Bertz CT molecular complexity index is 343. The largest absolute Gasteiger partial charge is 0.399 e. The topological polar surface area (TPSA) is 49.5 Å². The molecule has 0 amide bonds. The van der Waals surface area contributed by atoms with Crippen molar-refractivity contribution in [3.63, 3.8) is 0 Å². The molecule has 1 aliphatic rings. The first-order valence-corrected chi connectivity index (χ1v) is 4.96. The van der Waals surface area contributed by atoms with Crippen LogP contribution in [0.3, 0.4) is 0 Å². The normalized spacial score (nSPS) is 20.1. The van der Waals surface area contributed by atoms with Gasteiger partial charge in [-0.25, -0.2) is 0 Å². The molecule has 1 atom stereocenters. The van der Waals surface area contributed by atoms with E-state index in [0.717, 1.165) is 36.4 Å². The third kappa shape index (κ3) is 2.55. The first-order chi connectivity index (χ1) is 6.66. The molecule has 1 heterocycles. The molecule has 0 saturated carbocycles. The standard InChI is InChI=1S/C11H16N2O.ClH/c1-8-6-9(2-3-11(8)12)13-5-4-10(14)7-13;/h2-3,6,10,14H,4-5,7,12H2,1H3;1H. The minimum absolute atomic E-state index is 0. The highest BCUT2D eigenvalue weighted by atomic mass is 35.5. The molecule has 2 rings (SSSR count). The predicted octanol–water partition coefficient (Wildman–Crippen LogP) is 1.57. The van der Waals surface area contributed by atoms with Crippen molar-refractivity contribution in [2.24, 2.45) is 0 Å². The van der Waals surface area contributed by atoms with Gasteiger partial charge in [0, 0.05) is 24.5 Å². The van der Waals surface area contributed by atoms with Crippen LogP contribution in [0.15, 0.2) is 18.2 Å². The Morgan fingerprint density at radius 2 is 2.20 bits per heavy atom. The number of hydrogen-bond acceptors (Lipinski definition) is 3. The average molecular weight is 229 g/mol. The van der Waals surface area contributed by atoms with Crippen LogP contribution in [-0.2, 0) is 0 Å². The maximum Gasteiger partial charge on any atom is 0.0731 e. The predicted molar refractivity (Wildman–Crippen MR) is 65.7 cm³/mol. The first-order valence-electron chi connectivity index (χ1n) is 4.96. The van der Waals surface area contributed by atoms with E-state index in [1.54, 1.807) is 0 Å². The fraction of sp³-hybridized carbons (Fsp3) is 0.455. The molecule has 1 fully saturated rings. The number of benzene rings is 1. The number of aliphatic hydroxyl groups is 1. The molecule has 1 aromatic rings. The van der Waals surface area contributed by atoms with Crippen molar-refractivity contribution in [3.05, 3.63) is 23.8 Å². The van der Waals surface area contributed by atoms with Crippen LogP contribution >= 0.6 is 12.4 Å². The lowest BCUT2D eigenvalue weighted by Gasteiger charge is -2.18. The third-order valence-corrected chi connectivity index (χ3v) is 2.78. The Morgan fingerprint density at radius 1 is 1.47 bits per heavy atom. The van der Waals surface area contributed by atoms with Crippen LogP contribution in [-0.4, -0.2) is 24.3 Å². The second-order valence-electron chi connectivity index (χ2n) is 3.93. The molecule has 0 bridgehead atoms. The molecule has 84 valence electrons. The Hall–Kier alpha value is -0.930. The van der Waals surface area contributed by atoms with Crippen molar-refractivity contribution in [1.29, 1.82) is 0 Å². The first kappa shape index (κ1) is 12.1. The molecule has 1 aliphatic heterocycles. The molecular weight excluding hydrogens is 212 g/mol. The maximum atomic E-state index is 9.42. The van der Waals surface area contributed by atoms with E-state index in [-0.39, 0.29) is 18.5 Å². The molecule has 4 heteroatoms. The van der Waals surface area contributed by atoms with E-state index >= 15 is 0 Å². The van der Waals surface area contributed by atoms with Crippen molar-refractivity contribution in [3.8, 4) is 0 Å². The number of anilines is 2. The fourth-order valence-corrected chi connectivity index (χ4v) is 1.83. The van der Waals surface area contributed by atoms with Crippen LogP contribution in [0.1, 0.15) is 12.0 Å². The number of hydrogen-bond donors (Lipinski definition) is 2. The molecule has 0 spiro atoms. The van der Waals surface area contributed by atoms with Gasteiger partial charge in [-0.3, -0.25) is 0 Å². The summed E-state index contributed by atoms with van der Waals surface area (Å²) in [6.45, 7) is 3.68. The molecule has 0 radical (unpaired) electrons. The van der Waals surface area contributed by atoms with Gasteiger partial charge in [0.2, 0.25) is 0 Å². The third-order valence-electron chi connectivity index (χ3n) is 2.78. The lowest BCUT2D eigenvalue weighted by Crippen LogP contribution is -2.21. The zero-order valence-corrected chi connectivity index (χ0v) is 9.63. The number of aryl methyl sites for hydroxylation is 1. The highest BCUT2D eigenvalue weighted by Crippen LogP contribution is 2.23. The minimum atomic E-state index is -0.173. The Morgan fingerprint density at radius 3 is 2.73 bits per heavy atom. The second kappa shape index (κ2) is 4.73. The van der Waals surface area contributed by atoms with E-state index in [0.29, 0.717) is 0 Å². The summed E-state index contributed by atoms with van der Waals surface area (Å²) in [5.41, 5.74) is 8.84. The summed E-state index contributed by atoms with van der Waals surface area (Å²) in [5, 5.41) is 9.42. The van der Waals surface area contributed by atoms with Crippen molar-refractivity contribution in [2.75, 3.05) is 23.7 Å². The number of β-amino-alcohol motifs (C(OH)–C–C–N with tert-alkyl or cyclic N) is 1. The van der Waals surface area contributed by atoms with Crippen molar-refractivity contribution < 1.29 is 5.11 Å². The van der Waals surface area contributed by atoms with E-state index in [9.17, 15) is 5.11 Å². The fourth-order valence-electron chi connectivity index (χ4n) is 1.83. The van der Waals surface area contributed by atoms with Gasteiger partial charge >= 0.3 is 0 Å². The van der Waals surface area contributed by atoms with Gasteiger partial charge in [0.15, 0.2) is 0 Å². The molecule has 3 N–H and O–H groups in total. The second-order valence-corrected chi connectivity index (χ2v) is 3.93. The number of nitrogen functional groups attached to an aromatic ring is 1. The Kier molecular flexibility index (Phi) is 3.83. The summed E-state index contributed by atoms with van der Waals surface area (Å²) in [6, 6.07) is 6.02. The molecule has 3 nitrogen and oxygen atoms in total. The van der Waals surface area contributed by atoms with Gasteiger partial charge in [-0.05, 0) is 37.1 Å². The van der Waals surface area contributed by atoms with Crippen molar-refractivity contribution in [1.82, 2.24) is 0 Å². The zero-order chi connectivity index (χ0) is 10.1. The summed E-state index contributed by atoms with van der Waals surface area (Å²) in [7, 11) is 0. The smallest absolute Gasteiger partial charge is 0.0731 e. The quantitative estimate of drug-likeness (QED) is 0.718. The van der Waals surface area contributed by atoms with E-state index in [1.807, 2.05) is 19.1 Å². The SMILES string of the molecule is Cc1cc(N2CCC(O)C2)ccc1N.Cl. The molecule has 1 aromatic carbocycles. The summed E-state index contributed by atoms with van der Waals surface area (Å²) >= 11 is 0. The molecule has 0 aromatic heterocycles. The Labute approximate surface area is 96.3 Å². The van der Waals surface area contributed by atoms with Crippen LogP contribution in [0.25, 0.3) is 0 Å². The lowest BCUT2D eigenvalue weighted by atomic mass is 10.2. The van der Waals surface area contributed by atoms with E-state index < -0.39 is 0 Å². The van der Waals surface area contributed by atoms with Crippen molar-refractivity contribution in [2.45, 2.75) is 19.4 Å². The number of halogens is 1. The highest BCUT2D eigenvalue weighted by molar-refractivity contribution is 5.85. The van der Waals surface area contributed by atoms with Gasteiger partial charge in [0.25, 0.3) is 0 Å². The van der Waals surface area contributed by atoms with Crippen LogP contribution < -0.4 is 10.6 Å². The van der Waals surface area contributed by atoms with Crippen LogP contribution in [0, 0.1) is 6.92 Å². The van der Waals surface area contributed by atoms with Crippen LogP contribution in [0.2, 0.25) is 0 Å². The number of aliphatic hydroxyl groups excluding tert-OH is 1. The van der Waals surface area contributed by atoms with E-state index in [1.165, 1.54) is 0 Å². The Balaban J connectivity index is 0.00000112. The number of nitrogens with two attached hydrogens (primary N) is 1. The number of nitrogens with zero attached hydrogens (tertiary/aromatic N) is 1. The summed E-state index contributed by atoms with van der Waals surface area (Å²) in [5.74, 6) is 0. The zero-order valence-electron chi connectivity index (χ0n) is 8.81. The van der Waals surface area contributed by atoms with Gasteiger partial charge < -0.3 is 15.7 Å². The lowest BCUT2D eigenvalue weighted by molar-refractivity contribution is 0.198.